The highest BCUT2D eigenvalue weighted by molar-refractivity contribution is 7.92. The van der Waals surface area contributed by atoms with Crippen LogP contribution in [0.25, 0.3) is 10.9 Å². The molecular weight excluding hydrogens is 493 g/mol. The van der Waals surface area contributed by atoms with Crippen molar-refractivity contribution in [3.05, 3.63) is 89.3 Å². The fourth-order valence-electron chi connectivity index (χ4n) is 4.25. The fourth-order valence-corrected chi connectivity index (χ4v) is 5.85. The Bertz CT molecular complexity index is 1600. The van der Waals surface area contributed by atoms with Crippen LogP contribution in [0.5, 0.6) is 0 Å². The molecule has 2 N–H and O–H groups in total. The van der Waals surface area contributed by atoms with Crippen LogP contribution in [0.4, 0.5) is 10.2 Å². The first-order chi connectivity index (χ1) is 17.6. The van der Waals surface area contributed by atoms with Crippen molar-refractivity contribution in [1.82, 2.24) is 19.9 Å². The first-order valence-electron chi connectivity index (χ1n) is 11.9. The number of nitrogens with zero attached hydrogens (tertiary/aromatic N) is 4. The third-order valence-corrected chi connectivity index (χ3v) is 8.87. The van der Waals surface area contributed by atoms with Crippen LogP contribution in [0.2, 0.25) is 0 Å². The summed E-state index contributed by atoms with van der Waals surface area (Å²) in [6.07, 6.45) is 4.12. The SMILES string of the molecule is Cc1cc2cc(C(=O)N(Cc3ccc(S(=O)(=O)C4CC4)cn3)C(C)c3ncccc3F)ccc2nc1N. The van der Waals surface area contributed by atoms with E-state index >= 15 is 0 Å². The summed E-state index contributed by atoms with van der Waals surface area (Å²) < 4.78 is 39.7. The molecule has 1 saturated carbocycles. The van der Waals surface area contributed by atoms with Gasteiger partial charge in [-0.1, -0.05) is 0 Å². The molecule has 1 aliphatic carbocycles. The number of hydrogen-bond acceptors (Lipinski definition) is 7. The van der Waals surface area contributed by atoms with Gasteiger partial charge in [0.1, 0.15) is 11.6 Å². The van der Waals surface area contributed by atoms with Gasteiger partial charge >= 0.3 is 0 Å². The zero-order chi connectivity index (χ0) is 26.3. The lowest BCUT2D eigenvalue weighted by atomic mass is 10.1. The van der Waals surface area contributed by atoms with E-state index < -0.39 is 21.7 Å². The summed E-state index contributed by atoms with van der Waals surface area (Å²) in [5.41, 5.74) is 8.35. The van der Waals surface area contributed by atoms with Crippen molar-refractivity contribution in [3.63, 3.8) is 0 Å². The van der Waals surface area contributed by atoms with Gasteiger partial charge in [-0.3, -0.25) is 14.8 Å². The Morgan fingerprint density at radius 2 is 1.95 bits per heavy atom. The lowest BCUT2D eigenvalue weighted by Crippen LogP contribution is -2.34. The van der Waals surface area contributed by atoms with Crippen molar-refractivity contribution >= 4 is 32.5 Å². The van der Waals surface area contributed by atoms with Crippen molar-refractivity contribution < 1.29 is 17.6 Å². The van der Waals surface area contributed by atoms with E-state index in [9.17, 15) is 17.6 Å². The maximum absolute atomic E-state index is 14.7. The van der Waals surface area contributed by atoms with Crippen LogP contribution in [-0.2, 0) is 16.4 Å². The van der Waals surface area contributed by atoms with E-state index in [1.807, 2.05) is 13.0 Å². The number of amides is 1. The van der Waals surface area contributed by atoms with E-state index in [0.29, 0.717) is 35.4 Å². The third-order valence-electron chi connectivity index (χ3n) is 6.62. The number of pyridine rings is 3. The van der Waals surface area contributed by atoms with Crippen LogP contribution < -0.4 is 5.73 Å². The Labute approximate surface area is 214 Å². The van der Waals surface area contributed by atoms with Gasteiger partial charge in [0, 0.05) is 23.3 Å². The standard InChI is InChI=1S/C27H26FN5O3S/c1-16-12-19-13-18(5-10-24(19)32-26(16)29)27(34)33(17(2)25-23(28)4-3-11-30-25)15-20-6-7-22(14-31-20)37(35,36)21-8-9-21/h3-7,10-14,17,21H,8-9,15H2,1-2H3,(H2,29,32). The molecule has 1 unspecified atom stereocenters. The predicted molar refractivity (Wildman–Crippen MR) is 138 cm³/mol. The summed E-state index contributed by atoms with van der Waals surface area (Å²) in [6.45, 7) is 3.56. The largest absolute Gasteiger partial charge is 0.383 e. The summed E-state index contributed by atoms with van der Waals surface area (Å²) in [4.78, 5) is 28.3. The highest BCUT2D eigenvalue weighted by atomic mass is 32.2. The molecule has 5 rings (SSSR count). The van der Waals surface area contributed by atoms with Gasteiger partial charge in [0.25, 0.3) is 5.91 Å². The van der Waals surface area contributed by atoms with Gasteiger partial charge < -0.3 is 10.6 Å². The lowest BCUT2D eigenvalue weighted by molar-refractivity contribution is 0.0664. The van der Waals surface area contributed by atoms with Crippen LogP contribution in [0, 0.1) is 12.7 Å². The van der Waals surface area contributed by atoms with Crippen LogP contribution >= 0.6 is 0 Å². The third kappa shape index (κ3) is 4.89. The van der Waals surface area contributed by atoms with Crippen LogP contribution in [0.1, 0.15) is 53.1 Å². The highest BCUT2D eigenvalue weighted by Crippen LogP contribution is 2.33. The number of halogens is 1. The van der Waals surface area contributed by atoms with Crippen LogP contribution in [0.15, 0.2) is 65.8 Å². The van der Waals surface area contributed by atoms with E-state index in [1.165, 1.54) is 35.5 Å². The van der Waals surface area contributed by atoms with Gasteiger partial charge in [0.05, 0.1) is 39.6 Å². The van der Waals surface area contributed by atoms with E-state index in [2.05, 4.69) is 15.0 Å². The van der Waals surface area contributed by atoms with E-state index in [0.717, 1.165) is 10.9 Å². The zero-order valence-electron chi connectivity index (χ0n) is 20.4. The Hall–Kier alpha value is -3.92. The number of carbonyl (C=O) groups is 1. The fraction of sp³-hybridized carbons (Fsp3) is 0.259. The van der Waals surface area contributed by atoms with E-state index in [-0.39, 0.29) is 28.3 Å². The minimum atomic E-state index is -3.38. The van der Waals surface area contributed by atoms with E-state index in [4.69, 9.17) is 5.73 Å². The van der Waals surface area contributed by atoms with Gasteiger partial charge in [0.15, 0.2) is 9.84 Å². The van der Waals surface area contributed by atoms with E-state index in [1.54, 1.807) is 31.2 Å². The maximum Gasteiger partial charge on any atom is 0.254 e. The lowest BCUT2D eigenvalue weighted by Gasteiger charge is -2.29. The number of aryl methyl sites for hydroxylation is 1. The summed E-state index contributed by atoms with van der Waals surface area (Å²) in [5, 5.41) is 0.411. The first-order valence-corrected chi connectivity index (χ1v) is 13.5. The van der Waals surface area contributed by atoms with Crippen LogP contribution in [-0.4, -0.2) is 39.4 Å². The number of rotatable bonds is 7. The molecule has 1 amide bonds. The van der Waals surface area contributed by atoms with Gasteiger partial charge in [-0.15, -0.1) is 0 Å². The molecule has 1 aromatic carbocycles. The molecule has 4 aromatic rings. The van der Waals surface area contributed by atoms with Gasteiger partial charge in [-0.25, -0.2) is 17.8 Å². The van der Waals surface area contributed by atoms with Crippen molar-refractivity contribution in [1.29, 1.82) is 0 Å². The Balaban J connectivity index is 1.50. The average Bonchev–Trinajstić information content (AvgIpc) is 3.74. The number of hydrogen-bond donors (Lipinski definition) is 1. The molecule has 0 saturated heterocycles. The van der Waals surface area contributed by atoms with Crippen molar-refractivity contribution in [2.24, 2.45) is 0 Å². The quantitative estimate of drug-likeness (QED) is 0.384. The molecule has 1 atom stereocenters. The van der Waals surface area contributed by atoms with Crippen LogP contribution in [0.3, 0.4) is 0 Å². The molecule has 0 radical (unpaired) electrons. The number of sulfone groups is 1. The molecule has 3 heterocycles. The number of fused-ring (bicyclic) bond motifs is 1. The summed E-state index contributed by atoms with van der Waals surface area (Å²) >= 11 is 0. The summed E-state index contributed by atoms with van der Waals surface area (Å²) in [7, 11) is -3.38. The molecule has 190 valence electrons. The predicted octanol–water partition coefficient (Wildman–Crippen LogP) is 4.39. The zero-order valence-corrected chi connectivity index (χ0v) is 21.2. The smallest absolute Gasteiger partial charge is 0.254 e. The second kappa shape index (κ2) is 9.51. The first kappa shape index (κ1) is 24.8. The average molecular weight is 520 g/mol. The molecule has 10 heteroatoms. The number of nitrogen functional groups attached to an aromatic ring is 1. The summed E-state index contributed by atoms with van der Waals surface area (Å²) in [5.74, 6) is -0.462. The molecule has 3 aromatic heterocycles. The van der Waals surface area contributed by atoms with Crippen molar-refractivity contribution in [3.8, 4) is 0 Å². The number of benzene rings is 1. The highest BCUT2D eigenvalue weighted by Gasteiger charge is 2.37. The van der Waals surface area contributed by atoms with Gasteiger partial charge in [0.2, 0.25) is 0 Å². The topological polar surface area (TPSA) is 119 Å². The Kier molecular flexibility index (Phi) is 6.36. The number of nitrogens with two attached hydrogens (primary N) is 1. The molecule has 1 aliphatic rings. The number of anilines is 1. The molecule has 0 spiro atoms. The monoisotopic (exact) mass is 519 g/mol. The maximum atomic E-state index is 14.7. The minimum absolute atomic E-state index is 0.0246. The normalized spacial score (nSPS) is 14.5. The number of aromatic nitrogens is 3. The Morgan fingerprint density at radius 1 is 1.16 bits per heavy atom. The molecule has 0 aliphatic heterocycles. The number of carbonyl (C=O) groups excluding carboxylic acids is 1. The summed E-state index contributed by atoms with van der Waals surface area (Å²) in [6, 6.07) is 12.1. The second-order valence-corrected chi connectivity index (χ2v) is 11.5. The van der Waals surface area contributed by atoms with Crippen molar-refractivity contribution in [2.75, 3.05) is 5.73 Å². The minimum Gasteiger partial charge on any atom is -0.383 e. The molecular formula is C27H26FN5O3S. The van der Waals surface area contributed by atoms with Gasteiger partial charge in [-0.05, 0) is 80.8 Å². The molecule has 8 nitrogen and oxygen atoms in total. The molecule has 0 bridgehead atoms. The molecule has 1 fully saturated rings. The Morgan fingerprint density at radius 3 is 2.62 bits per heavy atom. The van der Waals surface area contributed by atoms with Crippen molar-refractivity contribution in [2.45, 2.75) is 49.4 Å². The van der Waals surface area contributed by atoms with Gasteiger partial charge in [-0.2, -0.15) is 0 Å². The molecule has 37 heavy (non-hydrogen) atoms. The second-order valence-electron chi connectivity index (χ2n) is 9.31.